The lowest BCUT2D eigenvalue weighted by Crippen LogP contribution is -2.25. The van der Waals surface area contributed by atoms with Gasteiger partial charge in [0.1, 0.15) is 10.1 Å². The second-order valence-electron chi connectivity index (χ2n) is 7.59. The van der Waals surface area contributed by atoms with Gasteiger partial charge in [0.25, 0.3) is 0 Å². The highest BCUT2D eigenvalue weighted by atomic mass is 32.2. The van der Waals surface area contributed by atoms with Gasteiger partial charge in [-0.05, 0) is 35.1 Å². The molecule has 3 nitrogen and oxygen atoms in total. The fourth-order valence-electron chi connectivity index (χ4n) is 2.98. The Labute approximate surface area is 174 Å². The second-order valence-corrected chi connectivity index (χ2v) is 10.5. The molecule has 1 fully saturated rings. The van der Waals surface area contributed by atoms with Crippen LogP contribution < -0.4 is 5.32 Å². The van der Waals surface area contributed by atoms with Gasteiger partial charge in [0, 0.05) is 16.2 Å². The first-order chi connectivity index (χ1) is 12.7. The van der Waals surface area contributed by atoms with Crippen LogP contribution in [0.1, 0.15) is 37.5 Å². The monoisotopic (exact) mass is 417 g/mol. The van der Waals surface area contributed by atoms with Crippen molar-refractivity contribution in [3.8, 4) is 5.75 Å². The summed E-state index contributed by atoms with van der Waals surface area (Å²) in [5.41, 5.74) is 2.68. The van der Waals surface area contributed by atoms with Gasteiger partial charge in [-0.3, -0.25) is 4.79 Å². The lowest BCUT2D eigenvalue weighted by Gasteiger charge is -2.24. The molecule has 2 aromatic carbocycles. The minimum absolute atomic E-state index is 0.0319. The number of rotatable bonds is 5. The lowest BCUT2D eigenvalue weighted by atomic mass is 9.83. The second kappa shape index (κ2) is 8.25. The van der Waals surface area contributed by atoms with Crippen LogP contribution in [0.25, 0.3) is 0 Å². The van der Waals surface area contributed by atoms with E-state index < -0.39 is 0 Å². The average Bonchev–Trinajstić information content (AvgIpc) is 2.92. The van der Waals surface area contributed by atoms with Gasteiger partial charge in [-0.25, -0.2) is 0 Å². The van der Waals surface area contributed by atoms with Crippen molar-refractivity contribution >= 4 is 46.0 Å². The molecule has 1 aliphatic rings. The molecule has 2 aromatic rings. The predicted octanol–water partition coefficient (Wildman–Crippen LogP) is 5.04. The Bertz CT molecular complexity index is 860. The summed E-state index contributed by atoms with van der Waals surface area (Å²) < 4.78 is 0.541. The fourth-order valence-corrected chi connectivity index (χ4v) is 5.18. The smallest absolute Gasteiger partial charge is 0.239 e. The molecular weight excluding hydrogens is 394 g/mol. The van der Waals surface area contributed by atoms with Crippen LogP contribution >= 0.6 is 35.7 Å². The summed E-state index contributed by atoms with van der Waals surface area (Å²) in [6.45, 7) is 6.27. The number of benzene rings is 2. The average molecular weight is 418 g/mol. The first-order valence-electron chi connectivity index (χ1n) is 8.78. The molecule has 142 valence electrons. The number of hydrogen-bond acceptors (Lipinski definition) is 5. The number of phenols is 1. The van der Waals surface area contributed by atoms with Gasteiger partial charge < -0.3 is 10.4 Å². The molecule has 1 atom stereocenters. The molecule has 1 heterocycles. The summed E-state index contributed by atoms with van der Waals surface area (Å²) in [5, 5.41) is 13.4. The van der Waals surface area contributed by atoms with Crippen LogP contribution in [0.5, 0.6) is 5.75 Å². The maximum absolute atomic E-state index is 12.1. The molecule has 0 radical (unpaired) electrons. The Morgan fingerprint density at radius 3 is 2.52 bits per heavy atom. The Morgan fingerprint density at radius 1 is 1.22 bits per heavy atom. The van der Waals surface area contributed by atoms with Crippen LogP contribution in [-0.2, 0) is 22.4 Å². The number of aromatic hydroxyl groups is 1. The van der Waals surface area contributed by atoms with Crippen LogP contribution in [0.15, 0.2) is 47.4 Å². The zero-order valence-corrected chi connectivity index (χ0v) is 18.1. The summed E-state index contributed by atoms with van der Waals surface area (Å²) >= 11 is 8.20. The van der Waals surface area contributed by atoms with Crippen molar-refractivity contribution < 1.29 is 9.90 Å². The lowest BCUT2D eigenvalue weighted by molar-refractivity contribution is -0.118. The molecule has 2 N–H and O–H groups in total. The maximum atomic E-state index is 12.1. The molecule has 1 saturated heterocycles. The van der Waals surface area contributed by atoms with Gasteiger partial charge in [-0.15, -0.1) is 11.8 Å². The zero-order chi connectivity index (χ0) is 19.6. The number of carbonyl (C=O) groups is 1. The zero-order valence-electron chi connectivity index (χ0n) is 15.6. The molecule has 1 amide bonds. The molecular formula is C21H23NO2S3. The highest BCUT2D eigenvalue weighted by molar-refractivity contribution is 8.24. The minimum atomic E-state index is -0.204. The van der Waals surface area contributed by atoms with E-state index in [9.17, 15) is 9.90 Å². The predicted molar refractivity (Wildman–Crippen MR) is 119 cm³/mol. The highest BCUT2D eigenvalue weighted by Gasteiger charge is 2.30. The SMILES string of the molecule is CC(C)(C)c1cc(CC2SC(=S)NC2=O)cc(CSc2ccccc2)c1O. The Hall–Kier alpha value is -1.50. The van der Waals surface area contributed by atoms with Crippen molar-refractivity contribution in [1.29, 1.82) is 0 Å². The minimum Gasteiger partial charge on any atom is -0.507 e. The first kappa shape index (κ1) is 20.2. The number of hydrogen-bond donors (Lipinski definition) is 2. The molecule has 0 saturated carbocycles. The van der Waals surface area contributed by atoms with Crippen LogP contribution in [0.2, 0.25) is 0 Å². The van der Waals surface area contributed by atoms with E-state index >= 15 is 0 Å². The molecule has 0 aliphatic carbocycles. The number of carbonyl (C=O) groups excluding carboxylic acids is 1. The Balaban J connectivity index is 1.89. The van der Waals surface area contributed by atoms with E-state index in [0.717, 1.165) is 21.6 Å². The summed E-state index contributed by atoms with van der Waals surface area (Å²) in [7, 11) is 0. The van der Waals surface area contributed by atoms with Crippen LogP contribution in [0, 0.1) is 0 Å². The number of amides is 1. The van der Waals surface area contributed by atoms with Crippen LogP contribution in [0.3, 0.4) is 0 Å². The van der Waals surface area contributed by atoms with Crippen molar-refractivity contribution in [3.05, 3.63) is 59.2 Å². The third-order valence-electron chi connectivity index (χ3n) is 4.38. The van der Waals surface area contributed by atoms with E-state index in [1.165, 1.54) is 11.8 Å². The van der Waals surface area contributed by atoms with Gasteiger partial charge in [-0.2, -0.15) is 0 Å². The van der Waals surface area contributed by atoms with Crippen LogP contribution in [-0.4, -0.2) is 20.6 Å². The molecule has 3 rings (SSSR count). The normalized spacial score (nSPS) is 17.2. The van der Waals surface area contributed by atoms with Gasteiger partial charge in [-0.1, -0.05) is 75.1 Å². The van der Waals surface area contributed by atoms with Crippen molar-refractivity contribution in [3.63, 3.8) is 0 Å². The third-order valence-corrected chi connectivity index (χ3v) is 6.82. The molecule has 1 unspecified atom stereocenters. The van der Waals surface area contributed by atoms with Crippen molar-refractivity contribution in [1.82, 2.24) is 5.32 Å². The standard InChI is InChI=1S/C21H23NO2S3/c1-21(2,3)16-10-13(11-17-19(24)22-20(25)27-17)9-14(18(16)23)12-26-15-7-5-4-6-8-15/h4-10,17,23H,11-12H2,1-3H3,(H,22,24,25). The summed E-state index contributed by atoms with van der Waals surface area (Å²) in [6.07, 6.45) is 0.600. The maximum Gasteiger partial charge on any atom is 0.239 e. The Morgan fingerprint density at radius 2 is 1.93 bits per heavy atom. The van der Waals surface area contributed by atoms with Gasteiger partial charge in [0.15, 0.2) is 0 Å². The third kappa shape index (κ3) is 5.06. The summed E-state index contributed by atoms with van der Waals surface area (Å²) in [5.74, 6) is 0.999. The van der Waals surface area contributed by atoms with Crippen molar-refractivity contribution in [2.24, 2.45) is 0 Å². The van der Waals surface area contributed by atoms with Crippen LogP contribution in [0.4, 0.5) is 0 Å². The van der Waals surface area contributed by atoms with E-state index in [4.69, 9.17) is 12.2 Å². The Kier molecular flexibility index (Phi) is 6.18. The molecule has 0 aromatic heterocycles. The van der Waals surface area contributed by atoms with E-state index in [-0.39, 0.29) is 16.6 Å². The number of phenolic OH excluding ortho intramolecular Hbond substituents is 1. The van der Waals surface area contributed by atoms with E-state index in [2.05, 4.69) is 38.2 Å². The molecule has 1 aliphatic heterocycles. The molecule has 6 heteroatoms. The molecule has 0 spiro atoms. The van der Waals surface area contributed by atoms with Gasteiger partial charge in [0.05, 0.1) is 5.25 Å². The summed E-state index contributed by atoms with van der Waals surface area (Å²) in [4.78, 5) is 13.2. The number of nitrogens with one attached hydrogen (secondary N) is 1. The molecule has 0 bridgehead atoms. The number of thioether (sulfide) groups is 2. The number of thiocarbonyl (C=S) groups is 1. The van der Waals surface area contributed by atoms with E-state index in [1.54, 1.807) is 11.8 Å². The summed E-state index contributed by atoms with van der Waals surface area (Å²) in [6, 6.07) is 14.2. The van der Waals surface area contributed by atoms with Gasteiger partial charge >= 0.3 is 0 Å². The quantitative estimate of drug-likeness (QED) is 0.527. The fraction of sp³-hybridized carbons (Fsp3) is 0.333. The largest absolute Gasteiger partial charge is 0.507 e. The van der Waals surface area contributed by atoms with E-state index in [1.807, 2.05) is 30.3 Å². The van der Waals surface area contributed by atoms with Gasteiger partial charge in [0.2, 0.25) is 5.91 Å². The topological polar surface area (TPSA) is 49.3 Å². The molecule has 27 heavy (non-hydrogen) atoms. The van der Waals surface area contributed by atoms with Crippen molar-refractivity contribution in [2.45, 2.75) is 48.5 Å². The first-order valence-corrected chi connectivity index (χ1v) is 11.1. The van der Waals surface area contributed by atoms with E-state index in [0.29, 0.717) is 22.2 Å². The highest BCUT2D eigenvalue weighted by Crippen LogP contribution is 2.38. The van der Waals surface area contributed by atoms with Crippen molar-refractivity contribution in [2.75, 3.05) is 0 Å².